The maximum atomic E-state index is 11.9. The molecule has 0 aromatic carbocycles. The fourth-order valence-electron chi connectivity index (χ4n) is 1.54. The summed E-state index contributed by atoms with van der Waals surface area (Å²) in [5.41, 5.74) is 13.9. The summed E-state index contributed by atoms with van der Waals surface area (Å²) in [4.78, 5) is 23.5. The van der Waals surface area contributed by atoms with E-state index in [0.717, 1.165) is 0 Å². The molecular weight excluding hydrogens is 234 g/mol. The van der Waals surface area contributed by atoms with Gasteiger partial charge in [0, 0.05) is 0 Å². The number of rotatable bonds is 3. The third kappa shape index (κ3) is 3.43. The summed E-state index contributed by atoms with van der Waals surface area (Å²) in [6.45, 7) is 10.2. The Kier molecular flexibility index (Phi) is 4.55. The van der Waals surface area contributed by atoms with Crippen molar-refractivity contribution in [3.05, 3.63) is 0 Å². The first-order valence-corrected chi connectivity index (χ1v) is 5.80. The van der Waals surface area contributed by atoms with Crippen molar-refractivity contribution in [1.82, 2.24) is 0 Å². The lowest BCUT2D eigenvalue weighted by molar-refractivity contribution is -0.161. The van der Waals surface area contributed by atoms with Gasteiger partial charge in [0.15, 0.2) is 0 Å². The van der Waals surface area contributed by atoms with Crippen LogP contribution < -0.4 is 17.2 Å². The summed E-state index contributed by atoms with van der Waals surface area (Å²) >= 11 is 0. The van der Waals surface area contributed by atoms with Crippen LogP contribution in [0.1, 0.15) is 41.5 Å². The summed E-state index contributed by atoms with van der Waals surface area (Å²) in [5.74, 6) is -1.56. The van der Waals surface area contributed by atoms with Gasteiger partial charge in [0.05, 0.1) is 0 Å². The molecular formula is C12H25N3O3. The van der Waals surface area contributed by atoms with E-state index in [2.05, 4.69) is 0 Å². The molecule has 0 saturated carbocycles. The highest BCUT2D eigenvalue weighted by atomic mass is 16.6. The molecule has 0 aromatic heterocycles. The summed E-state index contributed by atoms with van der Waals surface area (Å²) in [5, 5.41) is 0. The molecule has 6 N–H and O–H groups in total. The molecule has 2 atom stereocenters. The monoisotopic (exact) mass is 259 g/mol. The van der Waals surface area contributed by atoms with Gasteiger partial charge in [-0.05, 0) is 26.2 Å². The molecule has 2 unspecified atom stereocenters. The highest BCUT2D eigenvalue weighted by Crippen LogP contribution is 2.31. The van der Waals surface area contributed by atoms with Gasteiger partial charge in [-0.25, -0.2) is 0 Å². The minimum absolute atomic E-state index is 0.703. The summed E-state index contributed by atoms with van der Waals surface area (Å²) < 4.78 is 5.14. The Morgan fingerprint density at radius 1 is 1.06 bits per heavy atom. The number of carbonyl (C=O) groups is 2. The van der Waals surface area contributed by atoms with Gasteiger partial charge in [-0.15, -0.1) is 0 Å². The average molecular weight is 259 g/mol. The predicted molar refractivity (Wildman–Crippen MR) is 69.4 cm³/mol. The zero-order valence-corrected chi connectivity index (χ0v) is 12.0. The van der Waals surface area contributed by atoms with Crippen molar-refractivity contribution < 1.29 is 14.3 Å². The molecule has 0 fully saturated rings. The molecule has 0 radical (unpaired) electrons. The minimum Gasteiger partial charge on any atom is -0.459 e. The third-order valence-electron chi connectivity index (χ3n) is 2.80. The van der Waals surface area contributed by atoms with Gasteiger partial charge in [0.2, 0.25) is 5.91 Å². The van der Waals surface area contributed by atoms with Crippen LogP contribution in [0.3, 0.4) is 0 Å². The number of amides is 1. The number of hydrogen-bond acceptors (Lipinski definition) is 5. The molecule has 6 heteroatoms. The summed E-state index contributed by atoms with van der Waals surface area (Å²) in [6, 6.07) is -1.31. The van der Waals surface area contributed by atoms with Crippen molar-refractivity contribution in [3.63, 3.8) is 0 Å². The van der Waals surface area contributed by atoms with Crippen molar-refractivity contribution in [3.8, 4) is 0 Å². The molecule has 1 amide bonds. The van der Waals surface area contributed by atoms with Gasteiger partial charge in [-0.3, -0.25) is 9.59 Å². The number of hydrogen-bond donors (Lipinski definition) is 3. The first-order valence-electron chi connectivity index (χ1n) is 5.80. The normalized spacial score (nSPS) is 17.8. The van der Waals surface area contributed by atoms with Crippen molar-refractivity contribution in [2.75, 3.05) is 0 Å². The maximum Gasteiger partial charge on any atom is 0.325 e. The molecule has 0 spiro atoms. The Labute approximate surface area is 108 Å². The molecule has 0 aliphatic heterocycles. The van der Waals surface area contributed by atoms with Gasteiger partial charge in [0.1, 0.15) is 17.2 Å². The van der Waals surface area contributed by atoms with Gasteiger partial charge in [-0.1, -0.05) is 20.8 Å². The van der Waals surface area contributed by atoms with E-state index in [1.807, 2.05) is 0 Å². The van der Waals surface area contributed by atoms with Crippen LogP contribution in [0.4, 0.5) is 0 Å². The molecule has 0 saturated heterocycles. The SMILES string of the molecule is CC(C)(C)OC(=O)C(N)C(N)(C(N)=O)C(C)(C)C. The van der Waals surface area contributed by atoms with Gasteiger partial charge < -0.3 is 21.9 Å². The lowest BCUT2D eigenvalue weighted by atomic mass is 9.69. The van der Waals surface area contributed by atoms with E-state index in [9.17, 15) is 9.59 Å². The van der Waals surface area contributed by atoms with Crippen molar-refractivity contribution in [2.45, 2.75) is 58.7 Å². The van der Waals surface area contributed by atoms with Crippen LogP contribution in [-0.2, 0) is 14.3 Å². The van der Waals surface area contributed by atoms with Crippen LogP contribution in [-0.4, -0.2) is 29.1 Å². The molecule has 0 heterocycles. The smallest absolute Gasteiger partial charge is 0.325 e. The quantitative estimate of drug-likeness (QED) is 0.610. The van der Waals surface area contributed by atoms with Crippen LogP contribution in [0.25, 0.3) is 0 Å². The second-order valence-electron chi connectivity index (χ2n) is 6.49. The van der Waals surface area contributed by atoms with Crippen LogP contribution >= 0.6 is 0 Å². The molecule has 0 rings (SSSR count). The van der Waals surface area contributed by atoms with Crippen molar-refractivity contribution in [2.24, 2.45) is 22.6 Å². The first-order chi connectivity index (χ1) is 7.73. The lowest BCUT2D eigenvalue weighted by Gasteiger charge is -2.42. The largest absolute Gasteiger partial charge is 0.459 e. The lowest BCUT2D eigenvalue weighted by Crippen LogP contribution is -2.72. The van der Waals surface area contributed by atoms with Crippen LogP contribution in [0, 0.1) is 5.41 Å². The molecule has 0 aromatic rings. The van der Waals surface area contributed by atoms with E-state index in [4.69, 9.17) is 21.9 Å². The van der Waals surface area contributed by atoms with Crippen molar-refractivity contribution >= 4 is 11.9 Å². The number of ether oxygens (including phenoxy) is 1. The van der Waals surface area contributed by atoms with E-state index in [-0.39, 0.29) is 0 Å². The third-order valence-corrected chi connectivity index (χ3v) is 2.80. The van der Waals surface area contributed by atoms with Gasteiger partial charge in [-0.2, -0.15) is 0 Å². The Balaban J connectivity index is 5.31. The van der Waals surface area contributed by atoms with Crippen LogP contribution in [0.2, 0.25) is 0 Å². The zero-order valence-electron chi connectivity index (χ0n) is 12.0. The Bertz CT molecular complexity index is 341. The zero-order chi connectivity index (χ0) is 14.9. The molecule has 0 bridgehead atoms. The highest BCUT2D eigenvalue weighted by molar-refractivity contribution is 5.93. The van der Waals surface area contributed by atoms with E-state index in [1.54, 1.807) is 41.5 Å². The van der Waals surface area contributed by atoms with Crippen molar-refractivity contribution in [1.29, 1.82) is 0 Å². The average Bonchev–Trinajstić information content (AvgIpc) is 2.10. The number of nitrogens with two attached hydrogens (primary N) is 3. The number of carbonyl (C=O) groups excluding carboxylic acids is 2. The maximum absolute atomic E-state index is 11.9. The van der Waals surface area contributed by atoms with Gasteiger partial charge >= 0.3 is 5.97 Å². The van der Waals surface area contributed by atoms with E-state index < -0.39 is 34.5 Å². The van der Waals surface area contributed by atoms with E-state index in [1.165, 1.54) is 0 Å². The number of esters is 1. The summed E-state index contributed by atoms with van der Waals surface area (Å²) in [6.07, 6.45) is 0. The Morgan fingerprint density at radius 3 is 1.67 bits per heavy atom. The first kappa shape index (κ1) is 16.9. The molecule has 18 heavy (non-hydrogen) atoms. The second-order valence-corrected chi connectivity index (χ2v) is 6.49. The van der Waals surface area contributed by atoms with Crippen LogP contribution in [0.5, 0.6) is 0 Å². The van der Waals surface area contributed by atoms with Gasteiger partial charge in [0.25, 0.3) is 0 Å². The highest BCUT2D eigenvalue weighted by Gasteiger charge is 2.52. The second kappa shape index (κ2) is 4.85. The topological polar surface area (TPSA) is 121 Å². The number of primary amides is 1. The predicted octanol–water partition coefficient (Wildman–Crippen LogP) is -0.116. The molecule has 106 valence electrons. The molecule has 0 aliphatic carbocycles. The standard InChI is InChI=1S/C12H25N3O3/c1-10(2,3)12(15,9(14)17)7(13)8(16)18-11(4,5)6/h7H,13,15H2,1-6H3,(H2,14,17). The molecule has 6 nitrogen and oxygen atoms in total. The Morgan fingerprint density at radius 2 is 1.44 bits per heavy atom. The fourth-order valence-corrected chi connectivity index (χ4v) is 1.54. The van der Waals surface area contributed by atoms with E-state index >= 15 is 0 Å². The summed E-state index contributed by atoms with van der Waals surface area (Å²) in [7, 11) is 0. The minimum atomic E-state index is -1.67. The Hall–Kier alpha value is -1.14. The van der Waals surface area contributed by atoms with Crippen LogP contribution in [0.15, 0.2) is 0 Å². The fraction of sp³-hybridized carbons (Fsp3) is 0.833. The molecule has 0 aliphatic rings. The van der Waals surface area contributed by atoms with E-state index in [0.29, 0.717) is 0 Å².